The van der Waals surface area contributed by atoms with E-state index in [1.165, 1.54) is 12.1 Å². The standard InChI is InChI=1S/C17H21BrFN5O/c1-20-17(24(3)11-15-7-12(18)10-23(15)2)21-9-16(25)22-14-6-4-5-13(19)8-14/h4-8,10H,9,11H2,1-3H3,(H,20,21)(H,22,25). The van der Waals surface area contributed by atoms with E-state index in [-0.39, 0.29) is 12.5 Å². The summed E-state index contributed by atoms with van der Waals surface area (Å²) in [6.45, 7) is 0.664. The topological polar surface area (TPSA) is 61.7 Å². The van der Waals surface area contributed by atoms with Gasteiger partial charge in [-0.1, -0.05) is 6.07 Å². The number of amides is 1. The minimum absolute atomic E-state index is 0.0321. The third-order valence-corrected chi connectivity index (χ3v) is 4.00. The van der Waals surface area contributed by atoms with Crippen molar-refractivity contribution in [3.8, 4) is 0 Å². The predicted molar refractivity (Wildman–Crippen MR) is 101 cm³/mol. The lowest BCUT2D eigenvalue weighted by Gasteiger charge is -2.22. The van der Waals surface area contributed by atoms with Gasteiger partial charge in [-0.3, -0.25) is 9.79 Å². The fourth-order valence-electron chi connectivity index (χ4n) is 2.36. The van der Waals surface area contributed by atoms with Crippen molar-refractivity contribution in [3.63, 3.8) is 0 Å². The van der Waals surface area contributed by atoms with E-state index >= 15 is 0 Å². The van der Waals surface area contributed by atoms with Crippen molar-refractivity contribution < 1.29 is 9.18 Å². The van der Waals surface area contributed by atoms with Crippen molar-refractivity contribution in [2.45, 2.75) is 6.54 Å². The molecule has 0 radical (unpaired) electrons. The van der Waals surface area contributed by atoms with Gasteiger partial charge >= 0.3 is 0 Å². The second-order valence-electron chi connectivity index (χ2n) is 5.58. The molecule has 0 aliphatic carbocycles. The normalized spacial score (nSPS) is 11.3. The van der Waals surface area contributed by atoms with Crippen molar-refractivity contribution in [1.82, 2.24) is 14.8 Å². The highest BCUT2D eigenvalue weighted by molar-refractivity contribution is 9.10. The highest BCUT2D eigenvalue weighted by atomic mass is 79.9. The third kappa shape index (κ3) is 5.60. The first-order valence-electron chi connectivity index (χ1n) is 7.67. The van der Waals surface area contributed by atoms with Gasteiger partial charge in [0.2, 0.25) is 5.91 Å². The molecule has 1 heterocycles. The smallest absolute Gasteiger partial charge is 0.243 e. The minimum atomic E-state index is -0.393. The van der Waals surface area contributed by atoms with Gasteiger partial charge in [0.05, 0.1) is 13.1 Å². The van der Waals surface area contributed by atoms with Crippen molar-refractivity contribution in [2.24, 2.45) is 12.0 Å². The summed E-state index contributed by atoms with van der Waals surface area (Å²) >= 11 is 3.45. The molecule has 0 unspecified atom stereocenters. The van der Waals surface area contributed by atoms with E-state index in [2.05, 4.69) is 31.6 Å². The third-order valence-electron chi connectivity index (χ3n) is 3.56. The Kier molecular flexibility index (Phi) is 6.58. The van der Waals surface area contributed by atoms with E-state index in [1.54, 1.807) is 19.2 Å². The Bertz CT molecular complexity index is 774. The minimum Gasteiger partial charge on any atom is -0.352 e. The van der Waals surface area contributed by atoms with E-state index < -0.39 is 5.82 Å². The Hall–Kier alpha value is -2.35. The molecular weight excluding hydrogens is 389 g/mol. The molecule has 25 heavy (non-hydrogen) atoms. The molecule has 134 valence electrons. The van der Waals surface area contributed by atoms with E-state index in [9.17, 15) is 9.18 Å². The van der Waals surface area contributed by atoms with E-state index in [4.69, 9.17) is 0 Å². The van der Waals surface area contributed by atoms with Gasteiger partial charge in [0.1, 0.15) is 5.82 Å². The number of hydrogen-bond acceptors (Lipinski definition) is 2. The Balaban J connectivity index is 1.88. The number of guanidine groups is 1. The number of nitrogens with zero attached hydrogens (tertiary/aromatic N) is 3. The Morgan fingerprint density at radius 3 is 2.76 bits per heavy atom. The summed E-state index contributed by atoms with van der Waals surface area (Å²) in [6.07, 6.45) is 1.98. The van der Waals surface area contributed by atoms with Crippen molar-refractivity contribution >= 4 is 33.5 Å². The molecule has 1 aromatic carbocycles. The number of carbonyl (C=O) groups excluding carboxylic acids is 1. The number of aryl methyl sites for hydroxylation is 1. The number of nitrogens with one attached hydrogen (secondary N) is 2. The van der Waals surface area contributed by atoms with Crippen molar-refractivity contribution in [1.29, 1.82) is 0 Å². The summed E-state index contributed by atoms with van der Waals surface area (Å²) in [4.78, 5) is 18.1. The average molecular weight is 410 g/mol. The molecule has 0 atom stereocenters. The Labute approximate surface area is 154 Å². The highest BCUT2D eigenvalue weighted by Crippen LogP contribution is 2.15. The second-order valence-corrected chi connectivity index (χ2v) is 6.49. The number of aromatic nitrogens is 1. The molecule has 1 aromatic heterocycles. The molecule has 0 fully saturated rings. The molecule has 0 aliphatic rings. The molecule has 0 bridgehead atoms. The lowest BCUT2D eigenvalue weighted by Crippen LogP contribution is -2.42. The molecule has 1 amide bonds. The maximum absolute atomic E-state index is 13.1. The molecule has 0 saturated carbocycles. The second kappa shape index (κ2) is 8.66. The van der Waals surface area contributed by atoms with Crippen molar-refractivity contribution in [3.05, 3.63) is 52.5 Å². The number of aliphatic imine (C=N–C) groups is 1. The van der Waals surface area contributed by atoms with Crippen LogP contribution in [0.2, 0.25) is 0 Å². The quantitative estimate of drug-likeness (QED) is 0.589. The van der Waals surface area contributed by atoms with Crippen LogP contribution in [0.25, 0.3) is 0 Å². The molecule has 6 nitrogen and oxygen atoms in total. The summed E-state index contributed by atoms with van der Waals surface area (Å²) in [5, 5.41) is 5.64. The number of rotatable bonds is 5. The van der Waals surface area contributed by atoms with Gasteiger partial charge in [0, 0.05) is 43.2 Å². The van der Waals surface area contributed by atoms with Crippen LogP contribution >= 0.6 is 15.9 Å². The zero-order chi connectivity index (χ0) is 18.4. The first kappa shape index (κ1) is 19.0. The van der Waals surface area contributed by atoms with Crippen LogP contribution in [0.3, 0.4) is 0 Å². The summed E-state index contributed by atoms with van der Waals surface area (Å²) < 4.78 is 16.2. The van der Waals surface area contributed by atoms with Crippen molar-refractivity contribution in [2.75, 3.05) is 26.0 Å². The van der Waals surface area contributed by atoms with Gasteiger partial charge in [-0.15, -0.1) is 0 Å². The molecule has 0 aliphatic heterocycles. The first-order valence-corrected chi connectivity index (χ1v) is 8.46. The molecule has 0 spiro atoms. The molecule has 0 saturated heterocycles. The molecule has 2 N–H and O–H groups in total. The molecular formula is C17H21BrFN5O. The lowest BCUT2D eigenvalue weighted by molar-refractivity contribution is -0.115. The Morgan fingerprint density at radius 1 is 1.40 bits per heavy atom. The van der Waals surface area contributed by atoms with Crippen LogP contribution in [0.1, 0.15) is 5.69 Å². The molecule has 8 heteroatoms. The van der Waals surface area contributed by atoms with E-state index in [0.717, 1.165) is 10.2 Å². The summed E-state index contributed by atoms with van der Waals surface area (Å²) in [5.74, 6) is -0.0801. The van der Waals surface area contributed by atoms with Gasteiger partial charge in [0.25, 0.3) is 0 Å². The monoisotopic (exact) mass is 409 g/mol. The zero-order valence-electron chi connectivity index (χ0n) is 14.4. The number of anilines is 1. The predicted octanol–water partition coefficient (Wildman–Crippen LogP) is 2.57. The summed E-state index contributed by atoms with van der Waals surface area (Å²) in [7, 11) is 5.52. The van der Waals surface area contributed by atoms with Crippen LogP contribution in [-0.2, 0) is 18.4 Å². The highest BCUT2D eigenvalue weighted by Gasteiger charge is 2.11. The number of hydrogen-bond donors (Lipinski definition) is 2. The van der Waals surface area contributed by atoms with Gasteiger partial charge in [-0.05, 0) is 40.2 Å². The van der Waals surface area contributed by atoms with Crippen LogP contribution in [-0.4, -0.2) is 42.0 Å². The van der Waals surface area contributed by atoms with Crippen LogP contribution < -0.4 is 10.6 Å². The molecule has 2 aromatic rings. The fraction of sp³-hybridized carbons (Fsp3) is 0.294. The van der Waals surface area contributed by atoms with Crippen LogP contribution in [0.4, 0.5) is 10.1 Å². The lowest BCUT2D eigenvalue weighted by atomic mass is 10.3. The van der Waals surface area contributed by atoms with Gasteiger partial charge in [-0.2, -0.15) is 0 Å². The van der Waals surface area contributed by atoms with Gasteiger partial charge in [0.15, 0.2) is 5.96 Å². The number of benzene rings is 1. The first-order chi connectivity index (χ1) is 11.9. The Morgan fingerprint density at radius 2 is 2.16 bits per heavy atom. The fourth-order valence-corrected chi connectivity index (χ4v) is 2.93. The van der Waals surface area contributed by atoms with E-state index in [1.807, 2.05) is 35.8 Å². The van der Waals surface area contributed by atoms with Crippen LogP contribution in [0, 0.1) is 5.82 Å². The largest absolute Gasteiger partial charge is 0.352 e. The maximum atomic E-state index is 13.1. The van der Waals surface area contributed by atoms with Crippen LogP contribution in [0.15, 0.2) is 46.0 Å². The number of carbonyl (C=O) groups is 1. The summed E-state index contributed by atoms with van der Waals surface area (Å²) in [5.41, 5.74) is 1.52. The summed E-state index contributed by atoms with van der Waals surface area (Å²) in [6, 6.07) is 7.80. The SMILES string of the molecule is CN=C(NCC(=O)Nc1cccc(F)c1)N(C)Cc1cc(Br)cn1C. The van der Waals surface area contributed by atoms with E-state index in [0.29, 0.717) is 18.2 Å². The maximum Gasteiger partial charge on any atom is 0.243 e. The van der Waals surface area contributed by atoms with Gasteiger partial charge in [-0.25, -0.2) is 4.39 Å². The zero-order valence-corrected chi connectivity index (χ0v) is 16.0. The average Bonchev–Trinajstić information content (AvgIpc) is 2.85. The van der Waals surface area contributed by atoms with Gasteiger partial charge < -0.3 is 20.1 Å². The molecule has 2 rings (SSSR count). The van der Waals surface area contributed by atoms with Crippen LogP contribution in [0.5, 0.6) is 0 Å². The number of halogens is 2.